The van der Waals surface area contributed by atoms with E-state index in [-0.39, 0.29) is 11.8 Å². The number of benzene rings is 2. The average Bonchev–Trinajstić information content (AvgIpc) is 3.22. The molecule has 1 saturated heterocycles. The lowest BCUT2D eigenvalue weighted by Gasteiger charge is -2.18. The lowest BCUT2D eigenvalue weighted by atomic mass is 10.1. The molecule has 1 atom stereocenters. The molecule has 1 aromatic heterocycles. The van der Waals surface area contributed by atoms with Crippen molar-refractivity contribution in [2.45, 2.75) is 58.9 Å². The highest BCUT2D eigenvalue weighted by molar-refractivity contribution is 5.96. The fourth-order valence-electron chi connectivity index (χ4n) is 4.40. The van der Waals surface area contributed by atoms with E-state index in [4.69, 9.17) is 4.98 Å². The molecule has 0 aliphatic carbocycles. The molecule has 0 spiro atoms. The number of para-hydroxylation sites is 2. The monoisotopic (exact) mass is 375 g/mol. The fourth-order valence-corrected chi connectivity index (χ4v) is 4.40. The molecule has 1 aliphatic rings. The second-order valence-corrected chi connectivity index (χ2v) is 8.07. The summed E-state index contributed by atoms with van der Waals surface area (Å²) in [7, 11) is 0. The zero-order valence-electron chi connectivity index (χ0n) is 17.1. The minimum absolute atomic E-state index is 0.141. The maximum Gasteiger partial charge on any atom is 0.227 e. The number of aryl methyl sites for hydroxylation is 3. The van der Waals surface area contributed by atoms with Crippen molar-refractivity contribution < 1.29 is 4.79 Å². The summed E-state index contributed by atoms with van der Waals surface area (Å²) in [5.41, 5.74) is 5.62. The molecule has 2 aromatic carbocycles. The SMILES string of the molecule is CCCCCn1c([C@@H]2CC(=O)N(c3cc(C)cc(C)c3)C2)nc2ccccc21. The van der Waals surface area contributed by atoms with Gasteiger partial charge in [0, 0.05) is 31.1 Å². The van der Waals surface area contributed by atoms with E-state index in [1.165, 1.54) is 29.5 Å². The molecule has 4 heteroatoms. The third-order valence-corrected chi connectivity index (χ3v) is 5.68. The Morgan fingerprint density at radius 2 is 1.82 bits per heavy atom. The molecule has 4 nitrogen and oxygen atoms in total. The molecular weight excluding hydrogens is 346 g/mol. The molecule has 1 aliphatic heterocycles. The number of carbonyl (C=O) groups is 1. The average molecular weight is 376 g/mol. The van der Waals surface area contributed by atoms with Crippen molar-refractivity contribution in [2.75, 3.05) is 11.4 Å². The number of anilines is 1. The molecule has 0 N–H and O–H groups in total. The van der Waals surface area contributed by atoms with Gasteiger partial charge in [0.25, 0.3) is 0 Å². The van der Waals surface area contributed by atoms with Crippen LogP contribution in [0, 0.1) is 13.8 Å². The van der Waals surface area contributed by atoms with Gasteiger partial charge >= 0.3 is 0 Å². The number of unbranched alkanes of at least 4 members (excludes halogenated alkanes) is 2. The van der Waals surface area contributed by atoms with E-state index < -0.39 is 0 Å². The Morgan fingerprint density at radius 1 is 1.07 bits per heavy atom. The Hall–Kier alpha value is -2.62. The largest absolute Gasteiger partial charge is 0.328 e. The van der Waals surface area contributed by atoms with Crippen LogP contribution in [0.25, 0.3) is 11.0 Å². The summed E-state index contributed by atoms with van der Waals surface area (Å²) >= 11 is 0. The van der Waals surface area contributed by atoms with Crippen LogP contribution in [0.2, 0.25) is 0 Å². The first-order chi connectivity index (χ1) is 13.6. The summed E-state index contributed by atoms with van der Waals surface area (Å²) in [6.07, 6.45) is 4.09. The zero-order chi connectivity index (χ0) is 19.7. The molecule has 2 heterocycles. The Bertz CT molecular complexity index is 984. The van der Waals surface area contributed by atoms with Crippen molar-refractivity contribution >= 4 is 22.6 Å². The van der Waals surface area contributed by atoms with Crippen molar-refractivity contribution in [2.24, 2.45) is 0 Å². The number of carbonyl (C=O) groups excluding carboxylic acids is 1. The maximum absolute atomic E-state index is 12.9. The van der Waals surface area contributed by atoms with E-state index in [2.05, 4.69) is 61.7 Å². The van der Waals surface area contributed by atoms with Gasteiger partial charge in [0.2, 0.25) is 5.91 Å². The molecule has 0 saturated carbocycles. The minimum Gasteiger partial charge on any atom is -0.328 e. The number of nitrogens with zero attached hydrogens (tertiary/aromatic N) is 3. The molecule has 0 unspecified atom stereocenters. The first-order valence-electron chi connectivity index (χ1n) is 10.4. The van der Waals surface area contributed by atoms with E-state index in [0.29, 0.717) is 13.0 Å². The molecule has 1 fully saturated rings. The lowest BCUT2D eigenvalue weighted by Crippen LogP contribution is -2.24. The van der Waals surface area contributed by atoms with E-state index >= 15 is 0 Å². The van der Waals surface area contributed by atoms with Crippen LogP contribution in [-0.4, -0.2) is 22.0 Å². The fraction of sp³-hybridized carbons (Fsp3) is 0.417. The van der Waals surface area contributed by atoms with Crippen molar-refractivity contribution in [1.82, 2.24) is 9.55 Å². The molecule has 0 radical (unpaired) electrons. The van der Waals surface area contributed by atoms with E-state index in [1.54, 1.807) is 0 Å². The van der Waals surface area contributed by atoms with Crippen LogP contribution >= 0.6 is 0 Å². The summed E-state index contributed by atoms with van der Waals surface area (Å²) in [5, 5.41) is 0. The smallest absolute Gasteiger partial charge is 0.227 e. The van der Waals surface area contributed by atoms with Crippen LogP contribution in [0.5, 0.6) is 0 Å². The summed E-state index contributed by atoms with van der Waals surface area (Å²) in [5.74, 6) is 1.40. The molecule has 0 bridgehead atoms. The predicted molar refractivity (Wildman–Crippen MR) is 115 cm³/mol. The van der Waals surface area contributed by atoms with Crippen molar-refractivity contribution in [1.29, 1.82) is 0 Å². The number of amides is 1. The first-order valence-corrected chi connectivity index (χ1v) is 10.4. The highest BCUT2D eigenvalue weighted by atomic mass is 16.2. The number of imidazole rings is 1. The first kappa shape index (κ1) is 18.7. The van der Waals surface area contributed by atoms with Gasteiger partial charge in [-0.3, -0.25) is 4.79 Å². The molecule has 28 heavy (non-hydrogen) atoms. The molecular formula is C24H29N3O. The van der Waals surface area contributed by atoms with Gasteiger partial charge in [0.05, 0.1) is 11.0 Å². The third-order valence-electron chi connectivity index (χ3n) is 5.68. The highest BCUT2D eigenvalue weighted by Gasteiger charge is 2.34. The number of hydrogen-bond donors (Lipinski definition) is 0. The number of hydrogen-bond acceptors (Lipinski definition) is 2. The quantitative estimate of drug-likeness (QED) is 0.544. The maximum atomic E-state index is 12.9. The second-order valence-electron chi connectivity index (χ2n) is 8.07. The summed E-state index contributed by atoms with van der Waals surface area (Å²) in [6.45, 7) is 8.07. The lowest BCUT2D eigenvalue weighted by molar-refractivity contribution is -0.117. The molecule has 1 amide bonds. The topological polar surface area (TPSA) is 38.1 Å². The third kappa shape index (κ3) is 3.56. The van der Waals surface area contributed by atoms with Gasteiger partial charge in [-0.05, 0) is 55.7 Å². The zero-order valence-corrected chi connectivity index (χ0v) is 17.1. The Balaban J connectivity index is 1.66. The van der Waals surface area contributed by atoms with Crippen LogP contribution in [-0.2, 0) is 11.3 Å². The van der Waals surface area contributed by atoms with Crippen LogP contribution in [0.15, 0.2) is 42.5 Å². The van der Waals surface area contributed by atoms with Gasteiger partial charge in [0.15, 0.2) is 0 Å². The van der Waals surface area contributed by atoms with Crippen molar-refractivity contribution in [3.05, 3.63) is 59.4 Å². The second kappa shape index (κ2) is 7.78. The van der Waals surface area contributed by atoms with Crippen LogP contribution < -0.4 is 4.90 Å². The summed E-state index contributed by atoms with van der Waals surface area (Å²) in [6, 6.07) is 14.7. The number of fused-ring (bicyclic) bond motifs is 1. The number of aromatic nitrogens is 2. The van der Waals surface area contributed by atoms with Gasteiger partial charge < -0.3 is 9.47 Å². The van der Waals surface area contributed by atoms with Crippen LogP contribution in [0.4, 0.5) is 5.69 Å². The van der Waals surface area contributed by atoms with Gasteiger partial charge in [-0.1, -0.05) is 38.0 Å². The normalized spacial score (nSPS) is 17.0. The van der Waals surface area contributed by atoms with Gasteiger partial charge in [0.1, 0.15) is 5.82 Å². The summed E-state index contributed by atoms with van der Waals surface area (Å²) < 4.78 is 2.36. The minimum atomic E-state index is 0.141. The Morgan fingerprint density at radius 3 is 2.57 bits per heavy atom. The van der Waals surface area contributed by atoms with E-state index in [0.717, 1.165) is 30.0 Å². The standard InChI is InChI=1S/C24H29N3O/c1-4-5-8-11-26-22-10-7-6-9-21(22)25-24(26)19-15-23(28)27(16-19)20-13-17(2)12-18(3)14-20/h6-7,9-10,12-14,19H,4-5,8,11,15-16H2,1-3H3/t19-/m1/s1. The number of rotatable bonds is 6. The Labute approximate surface area is 167 Å². The van der Waals surface area contributed by atoms with Crippen LogP contribution in [0.3, 0.4) is 0 Å². The van der Waals surface area contributed by atoms with Gasteiger partial charge in [-0.2, -0.15) is 0 Å². The van der Waals surface area contributed by atoms with E-state index in [1.807, 2.05) is 11.0 Å². The van der Waals surface area contributed by atoms with E-state index in [9.17, 15) is 4.79 Å². The molecule has 4 rings (SSSR count). The Kier molecular flexibility index (Phi) is 5.21. The molecule has 3 aromatic rings. The van der Waals surface area contributed by atoms with Crippen molar-refractivity contribution in [3.8, 4) is 0 Å². The summed E-state index contributed by atoms with van der Waals surface area (Å²) in [4.78, 5) is 19.8. The van der Waals surface area contributed by atoms with Gasteiger partial charge in [-0.25, -0.2) is 4.98 Å². The highest BCUT2D eigenvalue weighted by Crippen LogP contribution is 2.34. The van der Waals surface area contributed by atoms with Gasteiger partial charge in [-0.15, -0.1) is 0 Å². The molecule has 146 valence electrons. The predicted octanol–water partition coefficient (Wildman–Crippen LogP) is 5.36. The van der Waals surface area contributed by atoms with Crippen LogP contribution in [0.1, 0.15) is 55.5 Å². The van der Waals surface area contributed by atoms with Crippen molar-refractivity contribution in [3.63, 3.8) is 0 Å².